The second-order valence-electron chi connectivity index (χ2n) is 5.32. The van der Waals surface area contributed by atoms with Gasteiger partial charge in [-0.2, -0.15) is 5.10 Å². The Morgan fingerprint density at radius 1 is 1.38 bits per heavy atom. The van der Waals surface area contributed by atoms with E-state index in [9.17, 15) is 9.90 Å². The van der Waals surface area contributed by atoms with Gasteiger partial charge in [-0.15, -0.1) is 0 Å². The van der Waals surface area contributed by atoms with Crippen LogP contribution in [0, 0.1) is 5.92 Å². The van der Waals surface area contributed by atoms with E-state index in [2.05, 4.69) is 15.4 Å². The third kappa shape index (κ3) is 4.13. The minimum absolute atomic E-state index is 0.227. The second kappa shape index (κ2) is 6.99. The number of carbonyl (C=O) groups is 1. The number of aromatic nitrogens is 3. The number of nitrogens with one attached hydrogen (secondary N) is 1. The van der Waals surface area contributed by atoms with Gasteiger partial charge in [0.15, 0.2) is 5.82 Å². The summed E-state index contributed by atoms with van der Waals surface area (Å²) in [5.41, 5.74) is 0.429. The molecular formula is C15H20N4O2. The molecule has 0 aliphatic rings. The van der Waals surface area contributed by atoms with Crippen LogP contribution in [-0.4, -0.2) is 38.4 Å². The average Bonchev–Trinajstić information content (AvgIpc) is 2.98. The van der Waals surface area contributed by atoms with Crippen molar-refractivity contribution in [2.24, 2.45) is 5.92 Å². The molecule has 2 rings (SSSR count). The summed E-state index contributed by atoms with van der Waals surface area (Å²) in [6.45, 7) is 4.29. The highest BCUT2D eigenvalue weighted by atomic mass is 16.3. The standard InChI is InChI=1S/C15H20N4O2/c1-11(2)9-12(20)10-17-15(21)13-5-3-6-16-14(13)19-8-4-7-18-19/h3-8,11-12,20H,9-10H2,1-2H3,(H,17,21). The molecule has 21 heavy (non-hydrogen) atoms. The lowest BCUT2D eigenvalue weighted by Crippen LogP contribution is -2.33. The summed E-state index contributed by atoms with van der Waals surface area (Å²) in [7, 11) is 0. The monoisotopic (exact) mass is 288 g/mol. The molecule has 1 unspecified atom stereocenters. The number of carbonyl (C=O) groups excluding carboxylic acids is 1. The maximum Gasteiger partial charge on any atom is 0.255 e. The zero-order valence-corrected chi connectivity index (χ0v) is 12.2. The molecule has 0 saturated heterocycles. The third-order valence-electron chi connectivity index (χ3n) is 2.99. The Kier molecular flexibility index (Phi) is 5.05. The van der Waals surface area contributed by atoms with Crippen LogP contribution in [0.4, 0.5) is 0 Å². The van der Waals surface area contributed by atoms with Crippen LogP contribution in [-0.2, 0) is 0 Å². The van der Waals surface area contributed by atoms with Crippen molar-refractivity contribution in [3.8, 4) is 5.82 Å². The van der Waals surface area contributed by atoms with Crippen molar-refractivity contribution in [3.63, 3.8) is 0 Å². The van der Waals surface area contributed by atoms with Crippen LogP contribution in [0.5, 0.6) is 0 Å². The molecule has 0 aromatic carbocycles. The van der Waals surface area contributed by atoms with E-state index in [-0.39, 0.29) is 12.5 Å². The average molecular weight is 288 g/mol. The molecule has 0 radical (unpaired) electrons. The van der Waals surface area contributed by atoms with Gasteiger partial charge in [0.25, 0.3) is 5.91 Å². The second-order valence-corrected chi connectivity index (χ2v) is 5.32. The highest BCUT2D eigenvalue weighted by molar-refractivity contribution is 5.97. The normalized spacial score (nSPS) is 12.4. The molecule has 2 N–H and O–H groups in total. The predicted molar refractivity (Wildman–Crippen MR) is 79.2 cm³/mol. The van der Waals surface area contributed by atoms with Crippen molar-refractivity contribution < 1.29 is 9.90 Å². The Balaban J connectivity index is 2.06. The summed E-state index contributed by atoms with van der Waals surface area (Å²) in [5.74, 6) is 0.588. The number of hydrogen-bond acceptors (Lipinski definition) is 4. The number of nitrogens with zero attached hydrogens (tertiary/aromatic N) is 3. The first-order valence-electron chi connectivity index (χ1n) is 6.99. The van der Waals surface area contributed by atoms with Crippen molar-refractivity contribution >= 4 is 5.91 Å². The molecule has 1 amide bonds. The van der Waals surface area contributed by atoms with Crippen molar-refractivity contribution in [1.29, 1.82) is 0 Å². The maximum atomic E-state index is 12.2. The van der Waals surface area contributed by atoms with E-state index < -0.39 is 6.10 Å². The summed E-state index contributed by atoms with van der Waals surface area (Å²) >= 11 is 0. The lowest BCUT2D eigenvalue weighted by Gasteiger charge is -2.14. The SMILES string of the molecule is CC(C)CC(O)CNC(=O)c1cccnc1-n1cccn1. The third-order valence-corrected chi connectivity index (χ3v) is 2.99. The van der Waals surface area contributed by atoms with Crippen LogP contribution in [0.15, 0.2) is 36.8 Å². The van der Waals surface area contributed by atoms with Crippen molar-refractivity contribution in [3.05, 3.63) is 42.4 Å². The molecule has 0 spiro atoms. The molecule has 6 nitrogen and oxygen atoms in total. The summed E-state index contributed by atoms with van der Waals surface area (Å²) in [6, 6.07) is 5.16. The Morgan fingerprint density at radius 3 is 2.86 bits per heavy atom. The molecule has 1 atom stereocenters. The maximum absolute atomic E-state index is 12.2. The Hall–Kier alpha value is -2.21. The fourth-order valence-corrected chi connectivity index (χ4v) is 2.08. The molecule has 0 saturated carbocycles. The molecule has 0 fully saturated rings. The smallest absolute Gasteiger partial charge is 0.255 e. The van der Waals surface area contributed by atoms with Crippen molar-refractivity contribution in [2.75, 3.05) is 6.54 Å². The fraction of sp³-hybridized carbons (Fsp3) is 0.400. The van der Waals surface area contributed by atoms with Crippen molar-refractivity contribution in [1.82, 2.24) is 20.1 Å². The Morgan fingerprint density at radius 2 is 2.19 bits per heavy atom. The van der Waals surface area contributed by atoms with Crippen LogP contribution in [0.1, 0.15) is 30.6 Å². The van der Waals surface area contributed by atoms with Gasteiger partial charge in [0.1, 0.15) is 0 Å². The lowest BCUT2D eigenvalue weighted by molar-refractivity contribution is 0.0899. The van der Waals surface area contributed by atoms with Crippen LogP contribution in [0.2, 0.25) is 0 Å². The minimum atomic E-state index is -0.543. The molecule has 0 aliphatic carbocycles. The van der Waals surface area contributed by atoms with Gasteiger partial charge in [0.2, 0.25) is 0 Å². The zero-order chi connectivity index (χ0) is 15.2. The number of aliphatic hydroxyl groups excluding tert-OH is 1. The van der Waals surface area contributed by atoms with E-state index in [0.29, 0.717) is 23.7 Å². The summed E-state index contributed by atoms with van der Waals surface area (Å²) in [6.07, 6.45) is 5.08. The van der Waals surface area contributed by atoms with E-state index in [0.717, 1.165) is 0 Å². The number of aliphatic hydroxyl groups is 1. The summed E-state index contributed by atoms with van der Waals surface area (Å²) in [4.78, 5) is 16.4. The molecule has 112 valence electrons. The topological polar surface area (TPSA) is 80.0 Å². The van der Waals surface area contributed by atoms with Crippen LogP contribution >= 0.6 is 0 Å². The minimum Gasteiger partial charge on any atom is -0.391 e. The largest absolute Gasteiger partial charge is 0.391 e. The lowest BCUT2D eigenvalue weighted by atomic mass is 10.1. The van der Waals surface area contributed by atoms with Crippen LogP contribution in [0.25, 0.3) is 5.82 Å². The zero-order valence-electron chi connectivity index (χ0n) is 12.2. The van der Waals surface area contributed by atoms with E-state index in [4.69, 9.17) is 0 Å². The van der Waals surface area contributed by atoms with Gasteiger partial charge in [0.05, 0.1) is 11.7 Å². The van der Waals surface area contributed by atoms with Crippen LogP contribution in [0.3, 0.4) is 0 Å². The van der Waals surface area contributed by atoms with Crippen LogP contribution < -0.4 is 5.32 Å². The van der Waals surface area contributed by atoms with Crippen molar-refractivity contribution in [2.45, 2.75) is 26.4 Å². The first-order valence-corrected chi connectivity index (χ1v) is 6.99. The molecule has 2 heterocycles. The van der Waals surface area contributed by atoms with E-state index in [1.807, 2.05) is 13.8 Å². The molecule has 2 aromatic heterocycles. The first kappa shape index (κ1) is 15.2. The van der Waals surface area contributed by atoms with Gasteiger partial charge in [-0.05, 0) is 30.5 Å². The fourth-order valence-electron chi connectivity index (χ4n) is 2.08. The van der Waals surface area contributed by atoms with Gasteiger partial charge >= 0.3 is 0 Å². The number of rotatable bonds is 6. The van der Waals surface area contributed by atoms with E-state index in [1.54, 1.807) is 41.5 Å². The van der Waals surface area contributed by atoms with Gasteiger partial charge in [-0.3, -0.25) is 4.79 Å². The number of pyridine rings is 1. The van der Waals surface area contributed by atoms with Gasteiger partial charge < -0.3 is 10.4 Å². The highest BCUT2D eigenvalue weighted by Crippen LogP contribution is 2.10. The van der Waals surface area contributed by atoms with E-state index in [1.165, 1.54) is 0 Å². The van der Waals surface area contributed by atoms with Gasteiger partial charge in [-0.1, -0.05) is 13.8 Å². The number of amides is 1. The first-order chi connectivity index (χ1) is 10.1. The van der Waals surface area contributed by atoms with E-state index >= 15 is 0 Å². The molecule has 0 bridgehead atoms. The predicted octanol–water partition coefficient (Wildman–Crippen LogP) is 1.40. The molecule has 6 heteroatoms. The Labute approximate surface area is 123 Å². The molecule has 2 aromatic rings. The van der Waals surface area contributed by atoms with Gasteiger partial charge in [0, 0.05) is 25.1 Å². The van der Waals surface area contributed by atoms with Gasteiger partial charge in [-0.25, -0.2) is 9.67 Å². The highest BCUT2D eigenvalue weighted by Gasteiger charge is 2.15. The Bertz CT molecular complexity index is 581. The summed E-state index contributed by atoms with van der Waals surface area (Å²) in [5, 5.41) is 16.6. The molecular weight excluding hydrogens is 268 g/mol. The summed E-state index contributed by atoms with van der Waals surface area (Å²) < 4.78 is 1.54. The molecule has 0 aliphatic heterocycles. The number of hydrogen-bond donors (Lipinski definition) is 2. The quantitative estimate of drug-likeness (QED) is 0.842.